The minimum absolute atomic E-state index is 0.00347. The smallest absolute Gasteiger partial charge is 0.242 e. The summed E-state index contributed by atoms with van der Waals surface area (Å²) in [5.41, 5.74) is 0. The van der Waals surface area contributed by atoms with Gasteiger partial charge in [0.2, 0.25) is 10.0 Å². The van der Waals surface area contributed by atoms with E-state index in [1.807, 2.05) is 6.92 Å². The average molecular weight is 368 g/mol. The molecular weight excluding hydrogens is 352 g/mol. The van der Waals surface area contributed by atoms with E-state index in [1.165, 1.54) is 16.6 Å². The Kier molecular flexibility index (Phi) is 4.55. The molecule has 106 valence electrons. The van der Waals surface area contributed by atoms with Gasteiger partial charge in [0.25, 0.3) is 0 Å². The van der Waals surface area contributed by atoms with Crippen molar-refractivity contribution >= 4 is 37.6 Å². The topological polar surface area (TPSA) is 50.3 Å². The van der Waals surface area contributed by atoms with Gasteiger partial charge < -0.3 is 0 Å². The number of nitrogens with zero attached hydrogens (tertiary/aromatic N) is 2. The minimum atomic E-state index is -3.59. The van der Waals surface area contributed by atoms with Crippen LogP contribution in [0.2, 0.25) is 5.15 Å². The highest BCUT2D eigenvalue weighted by molar-refractivity contribution is 9.10. The van der Waals surface area contributed by atoms with Gasteiger partial charge in [-0.15, -0.1) is 0 Å². The lowest BCUT2D eigenvalue weighted by Crippen LogP contribution is -2.44. The predicted octanol–water partition coefficient (Wildman–Crippen LogP) is 3.31. The van der Waals surface area contributed by atoms with Crippen LogP contribution in [0.1, 0.15) is 26.7 Å². The third kappa shape index (κ3) is 3.12. The van der Waals surface area contributed by atoms with Gasteiger partial charge in [-0.05, 0) is 47.7 Å². The summed E-state index contributed by atoms with van der Waals surface area (Å²) in [5.74, 6) is 0.366. The van der Waals surface area contributed by atoms with Crippen LogP contribution in [0.4, 0.5) is 0 Å². The fourth-order valence-electron chi connectivity index (χ4n) is 2.29. The standard InChI is InChI=1S/C12H16BrClN2O2S/c1-8-3-4-9(2)16(7-8)19(17,18)11-5-10(13)6-15-12(11)14/h5-6,8-9H,3-4,7H2,1-2H3. The third-order valence-electron chi connectivity index (χ3n) is 3.42. The number of pyridine rings is 1. The second-order valence-corrected chi connectivity index (χ2v) is 8.18. The highest BCUT2D eigenvalue weighted by atomic mass is 79.9. The van der Waals surface area contributed by atoms with E-state index in [2.05, 4.69) is 27.8 Å². The third-order valence-corrected chi connectivity index (χ3v) is 6.26. The van der Waals surface area contributed by atoms with Crippen molar-refractivity contribution in [3.8, 4) is 0 Å². The van der Waals surface area contributed by atoms with Gasteiger partial charge in [0.1, 0.15) is 10.0 Å². The number of hydrogen-bond donors (Lipinski definition) is 0. The van der Waals surface area contributed by atoms with Gasteiger partial charge in [0, 0.05) is 23.3 Å². The fourth-order valence-corrected chi connectivity index (χ4v) is 5.00. The minimum Gasteiger partial charge on any atom is -0.242 e. The number of sulfonamides is 1. The van der Waals surface area contributed by atoms with Crippen LogP contribution >= 0.6 is 27.5 Å². The zero-order valence-corrected chi connectivity index (χ0v) is 14.0. The maximum atomic E-state index is 12.7. The van der Waals surface area contributed by atoms with Crippen molar-refractivity contribution in [3.05, 3.63) is 21.9 Å². The lowest BCUT2D eigenvalue weighted by atomic mass is 9.97. The monoisotopic (exact) mass is 366 g/mol. The first-order valence-electron chi connectivity index (χ1n) is 6.15. The molecule has 1 aromatic heterocycles. The highest BCUT2D eigenvalue weighted by Crippen LogP contribution is 2.31. The molecule has 1 aromatic rings. The molecule has 19 heavy (non-hydrogen) atoms. The number of hydrogen-bond acceptors (Lipinski definition) is 3. The Balaban J connectivity index is 2.44. The molecular formula is C12H16BrClN2O2S. The first kappa shape index (κ1) is 15.2. The van der Waals surface area contributed by atoms with E-state index in [0.29, 0.717) is 16.9 Å². The average Bonchev–Trinajstić information content (AvgIpc) is 2.35. The Labute approximate surface area is 127 Å². The summed E-state index contributed by atoms with van der Waals surface area (Å²) in [7, 11) is -3.59. The van der Waals surface area contributed by atoms with E-state index >= 15 is 0 Å². The summed E-state index contributed by atoms with van der Waals surface area (Å²) in [5, 5.41) is 0.0219. The van der Waals surface area contributed by atoms with Crippen molar-refractivity contribution in [2.75, 3.05) is 6.54 Å². The largest absolute Gasteiger partial charge is 0.246 e. The SMILES string of the molecule is CC1CCC(C)N(S(=O)(=O)c2cc(Br)cnc2Cl)C1. The molecule has 1 aliphatic rings. The second-order valence-electron chi connectivity index (χ2n) is 5.05. The molecule has 1 aliphatic heterocycles. The predicted molar refractivity (Wildman–Crippen MR) is 78.7 cm³/mol. The first-order valence-corrected chi connectivity index (χ1v) is 8.76. The zero-order valence-electron chi connectivity index (χ0n) is 10.8. The van der Waals surface area contributed by atoms with E-state index in [1.54, 1.807) is 0 Å². The summed E-state index contributed by atoms with van der Waals surface area (Å²) >= 11 is 9.18. The van der Waals surface area contributed by atoms with Crippen LogP contribution in [0.5, 0.6) is 0 Å². The maximum Gasteiger partial charge on any atom is 0.246 e. The second kappa shape index (κ2) is 5.68. The zero-order chi connectivity index (χ0) is 14.2. The summed E-state index contributed by atoms with van der Waals surface area (Å²) in [6, 6.07) is 1.51. The van der Waals surface area contributed by atoms with Gasteiger partial charge in [0.05, 0.1) is 0 Å². The van der Waals surface area contributed by atoms with E-state index in [-0.39, 0.29) is 16.1 Å². The van der Waals surface area contributed by atoms with Crippen molar-refractivity contribution < 1.29 is 8.42 Å². The molecule has 1 fully saturated rings. The van der Waals surface area contributed by atoms with Crippen LogP contribution in [0, 0.1) is 5.92 Å². The van der Waals surface area contributed by atoms with Crippen LogP contribution in [0.15, 0.2) is 21.6 Å². The van der Waals surface area contributed by atoms with Crippen molar-refractivity contribution in [1.29, 1.82) is 0 Å². The molecule has 0 bridgehead atoms. The van der Waals surface area contributed by atoms with Crippen LogP contribution in [0.25, 0.3) is 0 Å². The Morgan fingerprint density at radius 1 is 1.42 bits per heavy atom. The van der Waals surface area contributed by atoms with Crippen molar-refractivity contribution in [2.24, 2.45) is 5.92 Å². The van der Waals surface area contributed by atoms with E-state index in [9.17, 15) is 8.42 Å². The normalized spacial score (nSPS) is 25.5. The maximum absolute atomic E-state index is 12.7. The van der Waals surface area contributed by atoms with Gasteiger partial charge >= 0.3 is 0 Å². The lowest BCUT2D eigenvalue weighted by Gasteiger charge is -2.35. The highest BCUT2D eigenvalue weighted by Gasteiger charge is 2.35. The Morgan fingerprint density at radius 2 is 2.11 bits per heavy atom. The van der Waals surface area contributed by atoms with Crippen LogP contribution in [0.3, 0.4) is 0 Å². The Hall–Kier alpha value is -0.170. The number of halogens is 2. The van der Waals surface area contributed by atoms with Gasteiger partial charge in [-0.2, -0.15) is 4.31 Å². The van der Waals surface area contributed by atoms with Crippen molar-refractivity contribution in [1.82, 2.24) is 9.29 Å². The molecule has 2 unspecified atom stereocenters. The first-order chi connectivity index (χ1) is 8.82. The van der Waals surface area contributed by atoms with Crippen molar-refractivity contribution in [3.63, 3.8) is 0 Å². The van der Waals surface area contributed by atoms with E-state index in [0.717, 1.165) is 12.8 Å². The van der Waals surface area contributed by atoms with Gasteiger partial charge in [-0.3, -0.25) is 0 Å². The number of rotatable bonds is 2. The molecule has 2 atom stereocenters. The molecule has 0 amide bonds. The lowest BCUT2D eigenvalue weighted by molar-refractivity contribution is 0.218. The summed E-state index contributed by atoms with van der Waals surface area (Å²) < 4.78 is 27.5. The molecule has 4 nitrogen and oxygen atoms in total. The molecule has 0 N–H and O–H groups in total. The fraction of sp³-hybridized carbons (Fsp3) is 0.583. The van der Waals surface area contributed by atoms with Crippen molar-refractivity contribution in [2.45, 2.75) is 37.6 Å². The summed E-state index contributed by atoms with van der Waals surface area (Å²) in [4.78, 5) is 3.97. The molecule has 1 saturated heterocycles. The number of piperidine rings is 1. The van der Waals surface area contributed by atoms with E-state index < -0.39 is 10.0 Å². The molecule has 0 aromatic carbocycles. The van der Waals surface area contributed by atoms with Gasteiger partial charge in [0.15, 0.2) is 0 Å². The molecule has 2 rings (SSSR count). The summed E-state index contributed by atoms with van der Waals surface area (Å²) in [6.45, 7) is 4.53. The van der Waals surface area contributed by atoms with Crippen LogP contribution < -0.4 is 0 Å². The Morgan fingerprint density at radius 3 is 2.79 bits per heavy atom. The molecule has 0 spiro atoms. The molecule has 2 heterocycles. The molecule has 0 saturated carbocycles. The number of aromatic nitrogens is 1. The van der Waals surface area contributed by atoms with Gasteiger partial charge in [-0.25, -0.2) is 13.4 Å². The molecule has 0 radical (unpaired) electrons. The van der Waals surface area contributed by atoms with E-state index in [4.69, 9.17) is 11.6 Å². The summed E-state index contributed by atoms with van der Waals surface area (Å²) in [6.07, 6.45) is 3.42. The molecule has 0 aliphatic carbocycles. The molecule has 7 heteroatoms. The van der Waals surface area contributed by atoms with Gasteiger partial charge in [-0.1, -0.05) is 18.5 Å². The van der Waals surface area contributed by atoms with Crippen LogP contribution in [-0.4, -0.2) is 30.3 Å². The Bertz CT molecular complexity index is 579. The quantitative estimate of drug-likeness (QED) is 0.754. The van der Waals surface area contributed by atoms with Crippen LogP contribution in [-0.2, 0) is 10.0 Å².